The number of nitrogens with zero attached hydrogens (tertiary/aromatic N) is 1. The molecule has 0 bridgehead atoms. The molecule has 2 rings (SSSR count). The first-order chi connectivity index (χ1) is 12.0. The van der Waals surface area contributed by atoms with Crippen LogP contribution in [0, 0.1) is 6.92 Å². The summed E-state index contributed by atoms with van der Waals surface area (Å²) in [5, 5.41) is 3.26. The van der Waals surface area contributed by atoms with E-state index in [4.69, 9.17) is 22.1 Å². The van der Waals surface area contributed by atoms with Crippen molar-refractivity contribution >= 4 is 17.4 Å². The van der Waals surface area contributed by atoms with Gasteiger partial charge in [-0.25, -0.2) is 9.38 Å². The summed E-state index contributed by atoms with van der Waals surface area (Å²) in [5.74, 6) is -0.161. The van der Waals surface area contributed by atoms with Crippen LogP contribution in [0.4, 0.5) is 4.39 Å². The molecule has 2 atom stereocenters. The maximum atomic E-state index is 12.3. The Morgan fingerprint density at radius 3 is 2.84 bits per heavy atom. The first-order valence-electron chi connectivity index (χ1n) is 8.39. The molecule has 0 radical (unpaired) electrons. The van der Waals surface area contributed by atoms with Crippen LogP contribution in [0.3, 0.4) is 0 Å². The highest BCUT2D eigenvalue weighted by atomic mass is 35.5. The fourth-order valence-corrected chi connectivity index (χ4v) is 2.96. The molecule has 1 aromatic rings. The van der Waals surface area contributed by atoms with Gasteiger partial charge < -0.3 is 15.8 Å². The van der Waals surface area contributed by atoms with Crippen molar-refractivity contribution in [2.75, 3.05) is 13.2 Å². The molecular weight excluding hydrogens is 341 g/mol. The number of rotatable bonds is 7. The largest absolute Gasteiger partial charge is 0.385 e. The molecule has 1 aromatic carbocycles. The SMILES string of the molecule is C=C(/C=C(Cl)\N=C(/N)CF)NC[C@H]1CCC[C@@H](c2ccc(C)cc2)O1. The summed E-state index contributed by atoms with van der Waals surface area (Å²) in [6.07, 6.45) is 4.89. The number of halogens is 2. The van der Waals surface area contributed by atoms with E-state index in [1.54, 1.807) is 0 Å². The van der Waals surface area contributed by atoms with Crippen LogP contribution in [0.25, 0.3) is 0 Å². The zero-order valence-electron chi connectivity index (χ0n) is 14.5. The van der Waals surface area contributed by atoms with Gasteiger partial charge in [0.25, 0.3) is 0 Å². The first-order valence-corrected chi connectivity index (χ1v) is 8.76. The molecule has 4 nitrogen and oxygen atoms in total. The van der Waals surface area contributed by atoms with E-state index in [1.807, 2.05) is 0 Å². The normalized spacial score (nSPS) is 21.9. The quantitative estimate of drug-likeness (QED) is 0.331. The van der Waals surface area contributed by atoms with Gasteiger partial charge in [-0.2, -0.15) is 0 Å². The molecule has 1 aliphatic rings. The summed E-state index contributed by atoms with van der Waals surface area (Å²) < 4.78 is 18.5. The second-order valence-corrected chi connectivity index (χ2v) is 6.59. The number of hydrogen-bond acceptors (Lipinski definition) is 3. The van der Waals surface area contributed by atoms with Gasteiger partial charge in [0, 0.05) is 12.2 Å². The van der Waals surface area contributed by atoms with E-state index < -0.39 is 6.67 Å². The van der Waals surface area contributed by atoms with E-state index in [0.717, 1.165) is 19.3 Å². The average molecular weight is 366 g/mol. The maximum Gasteiger partial charge on any atom is 0.147 e. The Labute approximate surface area is 153 Å². The van der Waals surface area contributed by atoms with Gasteiger partial charge in [-0.1, -0.05) is 48.0 Å². The first kappa shape index (κ1) is 19.5. The van der Waals surface area contributed by atoms with Crippen molar-refractivity contribution in [1.82, 2.24) is 5.32 Å². The second-order valence-electron chi connectivity index (χ2n) is 6.20. The summed E-state index contributed by atoms with van der Waals surface area (Å²) in [6, 6.07) is 8.48. The van der Waals surface area contributed by atoms with E-state index in [-0.39, 0.29) is 23.2 Å². The van der Waals surface area contributed by atoms with Crippen LogP contribution in [0.15, 0.2) is 52.8 Å². The van der Waals surface area contributed by atoms with Crippen molar-refractivity contribution in [3.63, 3.8) is 0 Å². The molecule has 1 aliphatic heterocycles. The monoisotopic (exact) mass is 365 g/mol. The average Bonchev–Trinajstić information content (AvgIpc) is 2.60. The molecule has 136 valence electrons. The summed E-state index contributed by atoms with van der Waals surface area (Å²) >= 11 is 5.88. The van der Waals surface area contributed by atoms with E-state index in [1.165, 1.54) is 17.2 Å². The predicted octanol–water partition coefficient (Wildman–Crippen LogP) is 4.12. The van der Waals surface area contributed by atoms with E-state index in [9.17, 15) is 4.39 Å². The van der Waals surface area contributed by atoms with Crippen molar-refractivity contribution < 1.29 is 9.13 Å². The van der Waals surface area contributed by atoms with Gasteiger partial charge in [-0.05, 0) is 37.8 Å². The van der Waals surface area contributed by atoms with E-state index >= 15 is 0 Å². The van der Waals surface area contributed by atoms with Crippen LogP contribution >= 0.6 is 11.6 Å². The van der Waals surface area contributed by atoms with Gasteiger partial charge in [0.05, 0.1) is 12.2 Å². The number of amidine groups is 1. The fraction of sp³-hybridized carbons (Fsp3) is 0.421. The molecule has 0 unspecified atom stereocenters. The lowest BCUT2D eigenvalue weighted by Gasteiger charge is -2.31. The Morgan fingerprint density at radius 1 is 1.44 bits per heavy atom. The lowest BCUT2D eigenvalue weighted by molar-refractivity contribution is -0.0488. The van der Waals surface area contributed by atoms with Gasteiger partial charge >= 0.3 is 0 Å². The third-order valence-corrected chi connectivity index (χ3v) is 4.23. The van der Waals surface area contributed by atoms with Gasteiger partial charge in [-0.15, -0.1) is 0 Å². The molecule has 3 N–H and O–H groups in total. The van der Waals surface area contributed by atoms with Crippen molar-refractivity contribution in [3.8, 4) is 0 Å². The summed E-state index contributed by atoms with van der Waals surface area (Å²) in [7, 11) is 0. The summed E-state index contributed by atoms with van der Waals surface area (Å²) in [5.41, 5.74) is 8.34. The number of aliphatic imine (C=N–C) groups is 1. The standard InChI is InChI=1S/C19H25ClFN3O/c1-13-6-8-15(9-7-13)17-5-3-4-16(25-17)12-23-14(2)10-18(20)24-19(22)11-21/h6-10,16-17,23H,2-5,11-12H2,1H3,(H2,22,24)/b18-10-/t16-,17+/m1/s1. The number of nitrogens with two attached hydrogens (primary N) is 1. The summed E-state index contributed by atoms with van der Waals surface area (Å²) in [4.78, 5) is 3.70. The molecule has 0 aromatic heterocycles. The van der Waals surface area contributed by atoms with Crippen molar-refractivity contribution in [1.29, 1.82) is 0 Å². The highest BCUT2D eigenvalue weighted by Gasteiger charge is 2.23. The zero-order valence-corrected chi connectivity index (χ0v) is 15.2. The minimum absolute atomic E-state index is 0.0924. The summed E-state index contributed by atoms with van der Waals surface area (Å²) in [6.45, 7) is 5.74. The smallest absolute Gasteiger partial charge is 0.147 e. The number of aryl methyl sites for hydroxylation is 1. The molecule has 1 fully saturated rings. The number of allylic oxidation sites excluding steroid dienone is 1. The zero-order chi connectivity index (χ0) is 18.2. The van der Waals surface area contributed by atoms with Crippen LogP contribution in [0.5, 0.6) is 0 Å². The van der Waals surface area contributed by atoms with Crippen molar-refractivity contribution in [2.24, 2.45) is 10.7 Å². The molecular formula is C19H25ClFN3O. The number of hydrogen-bond donors (Lipinski definition) is 2. The molecule has 1 heterocycles. The molecule has 0 aliphatic carbocycles. The van der Waals surface area contributed by atoms with Gasteiger partial charge in [0.1, 0.15) is 17.7 Å². The number of ether oxygens (including phenoxy) is 1. The maximum absolute atomic E-state index is 12.3. The van der Waals surface area contributed by atoms with Crippen molar-refractivity contribution in [3.05, 3.63) is 58.9 Å². The highest BCUT2D eigenvalue weighted by Crippen LogP contribution is 2.31. The third kappa shape index (κ3) is 6.52. The Balaban J connectivity index is 1.85. The minimum Gasteiger partial charge on any atom is -0.385 e. The van der Waals surface area contributed by atoms with E-state index in [0.29, 0.717) is 12.2 Å². The Morgan fingerprint density at radius 2 is 2.16 bits per heavy atom. The molecule has 0 amide bonds. The van der Waals surface area contributed by atoms with Gasteiger partial charge in [0.2, 0.25) is 0 Å². The van der Waals surface area contributed by atoms with Crippen LogP contribution in [-0.4, -0.2) is 25.2 Å². The lowest BCUT2D eigenvalue weighted by Crippen LogP contribution is -2.32. The van der Waals surface area contributed by atoms with Gasteiger partial charge in [-0.3, -0.25) is 0 Å². The molecule has 0 saturated carbocycles. The molecule has 0 spiro atoms. The Hall–Kier alpha value is -1.85. The number of benzene rings is 1. The molecule has 1 saturated heterocycles. The fourth-order valence-electron chi connectivity index (χ4n) is 2.71. The number of alkyl halides is 1. The molecule has 25 heavy (non-hydrogen) atoms. The number of nitrogens with one attached hydrogen (secondary N) is 1. The second kappa shape index (κ2) is 9.59. The van der Waals surface area contributed by atoms with Crippen LogP contribution in [0.2, 0.25) is 0 Å². The van der Waals surface area contributed by atoms with Crippen molar-refractivity contribution in [2.45, 2.75) is 38.4 Å². The topological polar surface area (TPSA) is 59.6 Å². The van der Waals surface area contributed by atoms with E-state index in [2.05, 4.69) is 48.1 Å². The van der Waals surface area contributed by atoms with Crippen LogP contribution < -0.4 is 11.1 Å². The highest BCUT2D eigenvalue weighted by molar-refractivity contribution is 6.30. The van der Waals surface area contributed by atoms with Crippen LogP contribution in [-0.2, 0) is 4.74 Å². The predicted molar refractivity (Wildman–Crippen MR) is 101 cm³/mol. The lowest BCUT2D eigenvalue weighted by atomic mass is 9.97. The van der Waals surface area contributed by atoms with Crippen LogP contribution in [0.1, 0.15) is 36.5 Å². The van der Waals surface area contributed by atoms with Gasteiger partial charge in [0.15, 0.2) is 0 Å². The molecule has 6 heteroatoms. The Bertz CT molecular complexity index is 643. The minimum atomic E-state index is -0.833. The Kier molecular flexibility index (Phi) is 7.47. The third-order valence-electron chi connectivity index (χ3n) is 4.04.